The molecule has 11 heteroatoms. The van der Waals surface area contributed by atoms with Crippen LogP contribution in [0.1, 0.15) is 29.3 Å². The first-order valence-electron chi connectivity index (χ1n) is 9.24. The zero-order valence-electron chi connectivity index (χ0n) is 16.4. The van der Waals surface area contributed by atoms with Crippen molar-refractivity contribution in [1.82, 2.24) is 0 Å². The average Bonchev–Trinajstić information content (AvgIpc) is 2.95. The smallest absolute Gasteiger partial charge is 0.416 e. The fourth-order valence-electron chi connectivity index (χ4n) is 2.80. The highest BCUT2D eigenvalue weighted by Crippen LogP contribution is 2.38. The lowest BCUT2D eigenvalue weighted by atomic mass is 10.1. The summed E-state index contributed by atoms with van der Waals surface area (Å²) in [4.78, 5) is 37.7. The molecule has 0 aromatic heterocycles. The number of nitrogens with zero attached hydrogens (tertiary/aromatic N) is 1. The molecule has 1 aliphatic rings. The van der Waals surface area contributed by atoms with Crippen molar-refractivity contribution in [3.8, 4) is 0 Å². The number of imide groups is 1. The maximum atomic E-state index is 13.1. The van der Waals surface area contributed by atoms with Gasteiger partial charge >= 0.3 is 12.1 Å². The summed E-state index contributed by atoms with van der Waals surface area (Å²) in [6.45, 7) is 2.12. The van der Waals surface area contributed by atoms with E-state index in [-0.39, 0.29) is 22.9 Å². The highest BCUT2D eigenvalue weighted by Gasteiger charge is 2.41. The lowest BCUT2D eigenvalue weighted by molar-refractivity contribution is -0.137. The van der Waals surface area contributed by atoms with Gasteiger partial charge in [-0.1, -0.05) is 30.1 Å². The second-order valence-electron chi connectivity index (χ2n) is 6.64. The molecule has 0 saturated carbocycles. The van der Waals surface area contributed by atoms with E-state index in [1.165, 1.54) is 24.3 Å². The van der Waals surface area contributed by atoms with Crippen molar-refractivity contribution in [3.63, 3.8) is 0 Å². The normalized spacial score (nSPS) is 14.2. The van der Waals surface area contributed by atoms with E-state index in [0.717, 1.165) is 12.1 Å². The minimum atomic E-state index is -4.70. The fourth-order valence-corrected chi connectivity index (χ4v) is 3.22. The first-order valence-corrected chi connectivity index (χ1v) is 9.99. The lowest BCUT2D eigenvalue weighted by Crippen LogP contribution is -2.32. The van der Waals surface area contributed by atoms with Gasteiger partial charge in [0.1, 0.15) is 10.7 Å². The van der Waals surface area contributed by atoms with Gasteiger partial charge in [-0.3, -0.25) is 9.59 Å². The Morgan fingerprint density at radius 1 is 1.06 bits per heavy atom. The number of hydrogen-bond donors (Lipinski definition) is 1. The van der Waals surface area contributed by atoms with E-state index in [1.807, 2.05) is 6.92 Å². The Kier molecular flexibility index (Phi) is 6.80. The van der Waals surface area contributed by atoms with Crippen LogP contribution in [0.2, 0.25) is 5.02 Å². The Hall–Kier alpha value is -3.04. The standard InChI is InChI=1S/C21H15Cl2F3N2O4/c1-2-9-32-20(31)11-3-6-13(7-4-11)27-17-16(23)18(29)28(19(17)30)15-10-12(21(24,25)26)5-8-14(15)22/h3-8,10,27H,2,9H2,1H3. The van der Waals surface area contributed by atoms with Gasteiger partial charge in [-0.05, 0) is 48.9 Å². The van der Waals surface area contributed by atoms with Gasteiger partial charge in [-0.15, -0.1) is 0 Å². The van der Waals surface area contributed by atoms with Gasteiger partial charge in [0, 0.05) is 5.69 Å². The van der Waals surface area contributed by atoms with Crippen molar-refractivity contribution in [3.05, 3.63) is 69.3 Å². The van der Waals surface area contributed by atoms with Crippen molar-refractivity contribution in [1.29, 1.82) is 0 Å². The molecule has 2 aromatic carbocycles. The second kappa shape index (κ2) is 9.22. The molecule has 168 valence electrons. The molecule has 0 bridgehead atoms. The highest BCUT2D eigenvalue weighted by molar-refractivity contribution is 6.53. The minimum Gasteiger partial charge on any atom is -0.462 e. The second-order valence-corrected chi connectivity index (χ2v) is 7.42. The van der Waals surface area contributed by atoms with Crippen molar-refractivity contribution in [2.24, 2.45) is 0 Å². The van der Waals surface area contributed by atoms with Crippen LogP contribution in [-0.2, 0) is 20.5 Å². The van der Waals surface area contributed by atoms with E-state index in [2.05, 4.69) is 5.32 Å². The van der Waals surface area contributed by atoms with E-state index >= 15 is 0 Å². The van der Waals surface area contributed by atoms with Gasteiger partial charge < -0.3 is 10.1 Å². The molecule has 0 unspecified atom stereocenters. The summed E-state index contributed by atoms with van der Waals surface area (Å²) in [7, 11) is 0. The zero-order valence-corrected chi connectivity index (χ0v) is 17.9. The van der Waals surface area contributed by atoms with Crippen LogP contribution in [0.3, 0.4) is 0 Å². The first-order chi connectivity index (χ1) is 15.0. The number of carbonyl (C=O) groups excluding carboxylic acids is 3. The van der Waals surface area contributed by atoms with Crippen LogP contribution in [-0.4, -0.2) is 24.4 Å². The summed E-state index contributed by atoms with van der Waals surface area (Å²) >= 11 is 12.0. The van der Waals surface area contributed by atoms with E-state index in [0.29, 0.717) is 23.1 Å². The predicted molar refractivity (Wildman–Crippen MR) is 112 cm³/mol. The zero-order chi connectivity index (χ0) is 23.6. The van der Waals surface area contributed by atoms with Gasteiger partial charge in [-0.25, -0.2) is 9.69 Å². The van der Waals surface area contributed by atoms with Gasteiger partial charge in [0.25, 0.3) is 11.8 Å². The minimum absolute atomic E-state index is 0.236. The van der Waals surface area contributed by atoms with Crippen molar-refractivity contribution in [2.45, 2.75) is 19.5 Å². The summed E-state index contributed by atoms with van der Waals surface area (Å²) in [5.41, 5.74) is -1.29. The molecule has 2 amide bonds. The van der Waals surface area contributed by atoms with Crippen LogP contribution in [0.15, 0.2) is 53.2 Å². The number of benzene rings is 2. The molecular weight excluding hydrogens is 472 g/mol. The number of amides is 2. The number of hydrogen-bond acceptors (Lipinski definition) is 5. The van der Waals surface area contributed by atoms with Gasteiger partial charge in [-0.2, -0.15) is 13.2 Å². The van der Waals surface area contributed by atoms with Crippen LogP contribution < -0.4 is 10.2 Å². The van der Waals surface area contributed by atoms with E-state index in [9.17, 15) is 27.6 Å². The SMILES string of the molecule is CCCOC(=O)c1ccc(NC2=C(Cl)C(=O)N(c3cc(C(F)(F)F)ccc3Cl)C2=O)cc1. The van der Waals surface area contributed by atoms with Crippen molar-refractivity contribution >= 4 is 52.4 Å². The van der Waals surface area contributed by atoms with Gasteiger partial charge in [0.2, 0.25) is 0 Å². The first kappa shape index (κ1) is 23.6. The molecule has 2 aromatic rings. The molecule has 32 heavy (non-hydrogen) atoms. The third kappa shape index (κ3) is 4.73. The Labute approximate surface area is 190 Å². The summed E-state index contributed by atoms with van der Waals surface area (Å²) in [5.74, 6) is -2.53. The summed E-state index contributed by atoms with van der Waals surface area (Å²) in [5, 5.41) is 1.91. The van der Waals surface area contributed by atoms with Crippen molar-refractivity contribution in [2.75, 3.05) is 16.8 Å². The third-order valence-electron chi connectivity index (χ3n) is 4.37. The molecule has 0 saturated heterocycles. The van der Waals surface area contributed by atoms with E-state index in [1.54, 1.807) is 0 Å². The van der Waals surface area contributed by atoms with Crippen LogP contribution in [0.4, 0.5) is 24.5 Å². The largest absolute Gasteiger partial charge is 0.462 e. The Balaban J connectivity index is 1.84. The predicted octanol–water partition coefficient (Wildman–Crippen LogP) is 5.36. The Bertz CT molecular complexity index is 1120. The number of nitrogens with one attached hydrogen (secondary N) is 1. The molecule has 0 spiro atoms. The van der Waals surface area contributed by atoms with E-state index in [4.69, 9.17) is 27.9 Å². The monoisotopic (exact) mass is 486 g/mol. The van der Waals surface area contributed by atoms with E-state index < -0.39 is 40.2 Å². The topological polar surface area (TPSA) is 75.7 Å². The summed E-state index contributed by atoms with van der Waals surface area (Å²) < 4.78 is 44.2. The fraction of sp³-hybridized carbons (Fsp3) is 0.190. The lowest BCUT2D eigenvalue weighted by Gasteiger charge is -2.18. The number of halogens is 5. The molecular formula is C21H15Cl2F3N2O4. The molecule has 6 nitrogen and oxygen atoms in total. The quantitative estimate of drug-likeness (QED) is 0.439. The summed E-state index contributed by atoms with van der Waals surface area (Å²) in [6, 6.07) is 8.07. The number of carbonyl (C=O) groups is 3. The number of rotatable bonds is 6. The maximum absolute atomic E-state index is 13.1. The molecule has 3 rings (SSSR count). The van der Waals surface area contributed by atoms with Crippen LogP contribution >= 0.6 is 23.2 Å². The molecule has 0 aliphatic carbocycles. The number of alkyl halides is 3. The van der Waals surface area contributed by atoms with Crippen LogP contribution in [0, 0.1) is 0 Å². The molecule has 1 aliphatic heterocycles. The molecule has 0 fully saturated rings. The molecule has 0 atom stereocenters. The maximum Gasteiger partial charge on any atom is 0.416 e. The summed E-state index contributed by atoms with van der Waals surface area (Å²) in [6.07, 6.45) is -4.04. The number of anilines is 2. The van der Waals surface area contributed by atoms with Crippen molar-refractivity contribution < 1.29 is 32.3 Å². The van der Waals surface area contributed by atoms with Crippen LogP contribution in [0.5, 0.6) is 0 Å². The number of esters is 1. The molecule has 1 N–H and O–H groups in total. The highest BCUT2D eigenvalue weighted by atomic mass is 35.5. The Morgan fingerprint density at radius 2 is 1.72 bits per heavy atom. The average molecular weight is 487 g/mol. The van der Waals surface area contributed by atoms with Crippen LogP contribution in [0.25, 0.3) is 0 Å². The van der Waals surface area contributed by atoms with Gasteiger partial charge in [0.05, 0.1) is 28.4 Å². The number of ether oxygens (including phenoxy) is 1. The molecule has 1 heterocycles. The Morgan fingerprint density at radius 3 is 2.31 bits per heavy atom. The van der Waals surface area contributed by atoms with Gasteiger partial charge in [0.15, 0.2) is 0 Å². The third-order valence-corrected chi connectivity index (χ3v) is 5.04. The molecule has 0 radical (unpaired) electrons.